The molecule has 0 aromatic heterocycles. The average molecular weight is 174 g/mol. The summed E-state index contributed by atoms with van der Waals surface area (Å²) in [5, 5.41) is 12.5. The van der Waals surface area contributed by atoms with E-state index in [4.69, 9.17) is 0 Å². The van der Waals surface area contributed by atoms with Crippen LogP contribution in [0.3, 0.4) is 0 Å². The molecule has 0 aliphatic rings. The van der Waals surface area contributed by atoms with Crippen molar-refractivity contribution in [2.45, 2.75) is 31.9 Å². The van der Waals surface area contributed by atoms with Crippen molar-refractivity contribution in [3.05, 3.63) is 0 Å². The van der Waals surface area contributed by atoms with Gasteiger partial charge in [0.05, 0.1) is 0 Å². The van der Waals surface area contributed by atoms with E-state index in [1.165, 1.54) is 0 Å². The second-order valence-corrected chi connectivity index (χ2v) is 3.74. The molecule has 0 radical (unpaired) electrons. The SMILES string of the molecule is CCC(C)(C)SOO[O-].[Na+]. The molecule has 0 bridgehead atoms. The predicted octanol–water partition coefficient (Wildman–Crippen LogP) is -1.95. The van der Waals surface area contributed by atoms with Crippen molar-refractivity contribution in [2.75, 3.05) is 0 Å². The summed E-state index contributed by atoms with van der Waals surface area (Å²) in [5.41, 5.74) is 0. The molecule has 0 fully saturated rings. The summed E-state index contributed by atoms with van der Waals surface area (Å²) in [6.45, 7) is 5.95. The maximum absolute atomic E-state index is 9.35. The normalized spacial score (nSPS) is 10.8. The smallest absolute Gasteiger partial charge is 0.691 e. The summed E-state index contributed by atoms with van der Waals surface area (Å²) in [6.07, 6.45) is 0.932. The average Bonchev–Trinajstić information content (AvgIpc) is 1.84. The van der Waals surface area contributed by atoms with E-state index in [2.05, 4.69) is 9.37 Å². The van der Waals surface area contributed by atoms with Gasteiger partial charge in [-0.3, -0.25) is 5.04 Å². The van der Waals surface area contributed by atoms with Crippen molar-refractivity contribution in [3.8, 4) is 0 Å². The van der Waals surface area contributed by atoms with Crippen LogP contribution in [0.1, 0.15) is 27.2 Å². The molecule has 0 aliphatic carbocycles. The van der Waals surface area contributed by atoms with Gasteiger partial charge in [-0.25, -0.2) is 0 Å². The van der Waals surface area contributed by atoms with Crippen LogP contribution in [0, 0.1) is 0 Å². The molecule has 5 heteroatoms. The Labute approximate surface area is 87.8 Å². The van der Waals surface area contributed by atoms with Gasteiger partial charge in [-0.1, -0.05) is 6.92 Å². The molecule has 0 amide bonds. The first-order valence-corrected chi connectivity index (χ1v) is 3.51. The van der Waals surface area contributed by atoms with E-state index in [1.54, 1.807) is 0 Å². The van der Waals surface area contributed by atoms with Gasteiger partial charge in [-0.05, 0) is 20.3 Å². The van der Waals surface area contributed by atoms with Crippen molar-refractivity contribution in [1.29, 1.82) is 0 Å². The summed E-state index contributed by atoms with van der Waals surface area (Å²) >= 11 is 1.04. The van der Waals surface area contributed by atoms with Gasteiger partial charge < -0.3 is 5.26 Å². The minimum absolute atomic E-state index is 0. The van der Waals surface area contributed by atoms with Gasteiger partial charge in [0.1, 0.15) is 0 Å². The number of hydrogen-bond donors (Lipinski definition) is 0. The molecule has 0 heterocycles. The van der Waals surface area contributed by atoms with Crippen molar-refractivity contribution in [1.82, 2.24) is 0 Å². The molecule has 0 unspecified atom stereocenters. The van der Waals surface area contributed by atoms with Crippen LogP contribution in [0.15, 0.2) is 0 Å². The van der Waals surface area contributed by atoms with Crippen LogP contribution in [0.5, 0.6) is 0 Å². The Morgan fingerprint density at radius 3 is 2.30 bits per heavy atom. The van der Waals surface area contributed by atoms with Crippen LogP contribution in [-0.4, -0.2) is 4.75 Å². The third-order valence-corrected chi connectivity index (χ3v) is 2.00. The Hall–Kier alpha value is 1.23. The minimum atomic E-state index is -0.0373. The Morgan fingerprint density at radius 1 is 1.50 bits per heavy atom. The van der Waals surface area contributed by atoms with Gasteiger partial charge >= 0.3 is 29.6 Å². The molecule has 0 aromatic rings. The Bertz CT molecular complexity index is 79.3. The summed E-state index contributed by atoms with van der Waals surface area (Å²) in [7, 11) is 0. The van der Waals surface area contributed by atoms with Crippen LogP contribution in [0.25, 0.3) is 0 Å². The Kier molecular flexibility index (Phi) is 9.53. The molecule has 0 aromatic carbocycles. The Balaban J connectivity index is 0. The van der Waals surface area contributed by atoms with E-state index in [1.807, 2.05) is 20.8 Å². The topological polar surface area (TPSA) is 41.5 Å². The van der Waals surface area contributed by atoms with E-state index in [9.17, 15) is 5.26 Å². The van der Waals surface area contributed by atoms with Crippen LogP contribution >= 0.6 is 12.0 Å². The molecule has 10 heavy (non-hydrogen) atoms. The zero-order valence-electron chi connectivity index (χ0n) is 6.84. The van der Waals surface area contributed by atoms with Gasteiger partial charge in [-0.2, -0.15) is 4.33 Å². The van der Waals surface area contributed by atoms with Crippen molar-refractivity contribution in [3.63, 3.8) is 0 Å². The van der Waals surface area contributed by atoms with Gasteiger partial charge in [-0.15, -0.1) is 0 Å². The maximum Gasteiger partial charge on any atom is 1.00 e. The van der Waals surface area contributed by atoms with E-state index in [0.717, 1.165) is 18.5 Å². The van der Waals surface area contributed by atoms with Crippen molar-refractivity contribution < 1.29 is 44.2 Å². The number of hydrogen-bond acceptors (Lipinski definition) is 4. The van der Waals surface area contributed by atoms with Gasteiger partial charge in [0.15, 0.2) is 0 Å². The van der Waals surface area contributed by atoms with Gasteiger partial charge in [0.2, 0.25) is 0 Å². The number of rotatable bonds is 4. The predicted molar refractivity (Wildman–Crippen MR) is 34.1 cm³/mol. The van der Waals surface area contributed by atoms with E-state index < -0.39 is 0 Å². The molecule has 56 valence electrons. The molecular weight excluding hydrogens is 163 g/mol. The van der Waals surface area contributed by atoms with Crippen LogP contribution in [0.2, 0.25) is 0 Å². The molecular formula is C5H11NaO3S. The summed E-state index contributed by atoms with van der Waals surface area (Å²) in [6, 6.07) is 0. The molecule has 0 saturated carbocycles. The zero-order valence-corrected chi connectivity index (χ0v) is 9.66. The van der Waals surface area contributed by atoms with Gasteiger partial charge in [0.25, 0.3) is 0 Å². The quantitative estimate of drug-likeness (QED) is 0.215. The van der Waals surface area contributed by atoms with E-state index in [-0.39, 0.29) is 34.3 Å². The van der Waals surface area contributed by atoms with Crippen molar-refractivity contribution in [2.24, 2.45) is 0 Å². The third kappa shape index (κ3) is 7.34. The monoisotopic (exact) mass is 174 g/mol. The first-order chi connectivity index (χ1) is 4.12. The summed E-state index contributed by atoms with van der Waals surface area (Å²) < 4.78 is 4.11. The maximum atomic E-state index is 9.35. The minimum Gasteiger partial charge on any atom is -0.691 e. The largest absolute Gasteiger partial charge is 1.00 e. The van der Waals surface area contributed by atoms with E-state index >= 15 is 0 Å². The van der Waals surface area contributed by atoms with Crippen LogP contribution in [-0.2, 0) is 9.37 Å². The van der Waals surface area contributed by atoms with E-state index in [0.29, 0.717) is 0 Å². The fourth-order valence-electron chi connectivity index (χ4n) is 0.165. The summed E-state index contributed by atoms with van der Waals surface area (Å²) in [5.74, 6) is 0. The second-order valence-electron chi connectivity index (χ2n) is 2.33. The molecule has 0 saturated heterocycles. The molecule has 0 spiro atoms. The standard InChI is InChI=1S/C5H12O3S.Na/c1-4-5(2,3)9-8-7-6;/h6H,4H2,1-3H3;/q;+1/p-1. The molecule has 0 N–H and O–H groups in total. The first kappa shape index (κ1) is 13.8. The Morgan fingerprint density at radius 2 is 2.00 bits per heavy atom. The van der Waals surface area contributed by atoms with Crippen molar-refractivity contribution >= 4 is 12.0 Å². The molecule has 0 atom stereocenters. The van der Waals surface area contributed by atoms with Crippen LogP contribution in [0.4, 0.5) is 0 Å². The first-order valence-electron chi connectivity index (χ1n) is 2.76. The third-order valence-electron chi connectivity index (χ3n) is 1.14. The molecule has 0 rings (SSSR count). The zero-order chi connectivity index (χ0) is 7.33. The summed E-state index contributed by atoms with van der Waals surface area (Å²) in [4.78, 5) is 0. The second kappa shape index (κ2) is 6.91. The van der Waals surface area contributed by atoms with Gasteiger partial charge in [0, 0.05) is 16.8 Å². The fourth-order valence-corrected chi connectivity index (χ4v) is 0.495. The van der Waals surface area contributed by atoms with Crippen LogP contribution < -0.4 is 34.8 Å². The molecule has 3 nitrogen and oxygen atoms in total. The molecule has 0 aliphatic heterocycles. The fraction of sp³-hybridized carbons (Fsp3) is 1.00.